The van der Waals surface area contributed by atoms with Crippen LogP contribution in [0.3, 0.4) is 0 Å². The quantitative estimate of drug-likeness (QED) is 0.782. The summed E-state index contributed by atoms with van der Waals surface area (Å²) in [6.45, 7) is 2.78. The van der Waals surface area contributed by atoms with E-state index < -0.39 is 0 Å². The maximum Gasteiger partial charge on any atom is 0.0950 e. The number of rotatable bonds is 3. The Bertz CT molecular complexity index is 672. The maximum absolute atomic E-state index is 4.24. The first-order valence-electron chi connectivity index (χ1n) is 5.68. The summed E-state index contributed by atoms with van der Waals surface area (Å²) in [5, 5.41) is 13.7. The minimum Gasteiger partial charge on any atom is -0.378 e. The molecule has 2 aromatic heterocycles. The van der Waals surface area contributed by atoms with E-state index in [9.17, 15) is 0 Å². The molecule has 0 fully saturated rings. The van der Waals surface area contributed by atoms with Crippen molar-refractivity contribution >= 4 is 27.9 Å². The summed E-state index contributed by atoms with van der Waals surface area (Å²) < 4.78 is 0. The number of aryl methyl sites for hydroxylation is 1. The lowest BCUT2D eigenvalue weighted by atomic mass is 10.2. The van der Waals surface area contributed by atoms with Gasteiger partial charge in [-0.15, -0.1) is 11.3 Å². The summed E-state index contributed by atoms with van der Waals surface area (Å²) in [6.07, 6.45) is 3.67. The fraction of sp³-hybridized carbons (Fsp3) is 0.154. The van der Waals surface area contributed by atoms with E-state index in [2.05, 4.69) is 20.5 Å². The van der Waals surface area contributed by atoms with Crippen molar-refractivity contribution in [2.45, 2.75) is 13.5 Å². The second-order valence-electron chi connectivity index (χ2n) is 3.97. The minimum absolute atomic E-state index is 0.765. The molecule has 0 saturated heterocycles. The van der Waals surface area contributed by atoms with Crippen LogP contribution in [0.2, 0.25) is 0 Å². The van der Waals surface area contributed by atoms with Gasteiger partial charge < -0.3 is 5.32 Å². The van der Waals surface area contributed by atoms with Crippen molar-refractivity contribution in [2.24, 2.45) is 0 Å². The third-order valence-electron chi connectivity index (χ3n) is 2.67. The molecule has 0 atom stereocenters. The summed E-state index contributed by atoms with van der Waals surface area (Å²) in [4.78, 5) is 5.46. The van der Waals surface area contributed by atoms with Gasteiger partial charge >= 0.3 is 0 Å². The molecule has 0 aliphatic carbocycles. The van der Waals surface area contributed by atoms with E-state index in [0.29, 0.717) is 0 Å². The molecule has 0 radical (unpaired) electrons. The molecule has 2 heterocycles. The molecule has 0 amide bonds. The minimum atomic E-state index is 0.765. The largest absolute Gasteiger partial charge is 0.378 e. The molecule has 0 unspecified atom stereocenters. The number of thiazole rings is 1. The monoisotopic (exact) mass is 256 g/mol. The first-order valence-corrected chi connectivity index (χ1v) is 6.50. The summed E-state index contributed by atoms with van der Waals surface area (Å²) >= 11 is 1.70. The zero-order valence-electron chi connectivity index (χ0n) is 9.92. The molecule has 18 heavy (non-hydrogen) atoms. The van der Waals surface area contributed by atoms with Crippen LogP contribution in [0.25, 0.3) is 10.9 Å². The highest BCUT2D eigenvalue weighted by Gasteiger charge is 2.03. The normalized spacial score (nSPS) is 10.7. The van der Waals surface area contributed by atoms with Crippen molar-refractivity contribution in [3.63, 3.8) is 0 Å². The third-order valence-corrected chi connectivity index (χ3v) is 3.58. The lowest BCUT2D eigenvalue weighted by Crippen LogP contribution is -1.99. The molecule has 5 heteroatoms. The second kappa shape index (κ2) is 4.70. The first kappa shape index (κ1) is 11.1. The van der Waals surface area contributed by atoms with Gasteiger partial charge in [0.2, 0.25) is 0 Å². The van der Waals surface area contributed by atoms with Crippen molar-refractivity contribution in [3.05, 3.63) is 46.5 Å². The van der Waals surface area contributed by atoms with Gasteiger partial charge in [-0.05, 0) is 13.0 Å². The Kier molecular flexibility index (Phi) is 2.90. The molecule has 0 bridgehead atoms. The molecule has 1 N–H and O–H groups in total. The highest BCUT2D eigenvalue weighted by molar-refractivity contribution is 7.11. The second-order valence-corrected chi connectivity index (χ2v) is 5.29. The topological polar surface area (TPSA) is 50.7 Å². The Morgan fingerprint density at radius 1 is 1.22 bits per heavy atom. The number of hydrogen-bond acceptors (Lipinski definition) is 5. The average Bonchev–Trinajstić information content (AvgIpc) is 2.82. The van der Waals surface area contributed by atoms with Gasteiger partial charge in [-0.1, -0.05) is 18.2 Å². The lowest BCUT2D eigenvalue weighted by molar-refractivity contribution is 1.06. The van der Waals surface area contributed by atoms with Crippen LogP contribution in [0, 0.1) is 6.92 Å². The van der Waals surface area contributed by atoms with Crippen LogP contribution in [0.1, 0.15) is 9.88 Å². The van der Waals surface area contributed by atoms with Crippen molar-refractivity contribution in [2.75, 3.05) is 5.32 Å². The number of fused-ring (bicyclic) bond motifs is 1. The van der Waals surface area contributed by atoms with Gasteiger partial charge in [0.15, 0.2) is 0 Å². The van der Waals surface area contributed by atoms with Crippen LogP contribution in [0.15, 0.2) is 36.7 Å². The number of aromatic nitrogens is 3. The summed E-state index contributed by atoms with van der Waals surface area (Å²) in [7, 11) is 0. The van der Waals surface area contributed by atoms with Crippen LogP contribution in [0.5, 0.6) is 0 Å². The van der Waals surface area contributed by atoms with E-state index >= 15 is 0 Å². The van der Waals surface area contributed by atoms with Crippen LogP contribution in [-0.2, 0) is 6.54 Å². The van der Waals surface area contributed by atoms with E-state index in [4.69, 9.17) is 0 Å². The van der Waals surface area contributed by atoms with Crippen LogP contribution in [-0.4, -0.2) is 15.2 Å². The van der Waals surface area contributed by atoms with Crippen molar-refractivity contribution < 1.29 is 0 Å². The number of benzene rings is 1. The van der Waals surface area contributed by atoms with Gasteiger partial charge in [0.25, 0.3) is 0 Å². The van der Waals surface area contributed by atoms with E-state index in [0.717, 1.165) is 28.1 Å². The Morgan fingerprint density at radius 2 is 2.11 bits per heavy atom. The van der Waals surface area contributed by atoms with Crippen LogP contribution in [0.4, 0.5) is 5.69 Å². The summed E-state index contributed by atoms with van der Waals surface area (Å²) in [5.41, 5.74) is 1.91. The van der Waals surface area contributed by atoms with Gasteiger partial charge in [-0.3, -0.25) is 0 Å². The van der Waals surface area contributed by atoms with E-state index in [1.54, 1.807) is 17.5 Å². The Balaban J connectivity index is 1.86. The molecule has 0 spiro atoms. The lowest BCUT2D eigenvalue weighted by Gasteiger charge is -2.06. The third kappa shape index (κ3) is 2.17. The predicted octanol–water partition coefficient (Wildman–Crippen LogP) is 3.01. The molecule has 1 aromatic carbocycles. The molecule has 3 aromatic rings. The van der Waals surface area contributed by atoms with Gasteiger partial charge in [0, 0.05) is 16.5 Å². The van der Waals surface area contributed by atoms with Crippen molar-refractivity contribution in [1.82, 2.24) is 15.2 Å². The van der Waals surface area contributed by atoms with E-state index in [1.807, 2.05) is 37.4 Å². The fourth-order valence-electron chi connectivity index (χ4n) is 1.82. The van der Waals surface area contributed by atoms with Crippen LogP contribution >= 0.6 is 11.3 Å². The molecular weight excluding hydrogens is 244 g/mol. The van der Waals surface area contributed by atoms with Gasteiger partial charge in [0.1, 0.15) is 0 Å². The highest BCUT2D eigenvalue weighted by atomic mass is 32.1. The van der Waals surface area contributed by atoms with Gasteiger partial charge in [0.05, 0.1) is 29.0 Å². The molecule has 3 rings (SSSR count). The molecular formula is C13H12N4S. The summed E-state index contributed by atoms with van der Waals surface area (Å²) in [5.74, 6) is 0. The molecule has 4 nitrogen and oxygen atoms in total. The summed E-state index contributed by atoms with van der Waals surface area (Å²) in [6, 6.07) is 7.98. The number of hydrogen-bond donors (Lipinski definition) is 1. The highest BCUT2D eigenvalue weighted by Crippen LogP contribution is 2.21. The van der Waals surface area contributed by atoms with E-state index in [-0.39, 0.29) is 0 Å². The fourth-order valence-corrected chi connectivity index (χ4v) is 2.55. The SMILES string of the molecule is Cc1ncc(CNc2cnnc3ccccc23)s1. The zero-order chi connectivity index (χ0) is 12.4. The van der Waals surface area contributed by atoms with Crippen molar-refractivity contribution in [1.29, 1.82) is 0 Å². The standard InChI is InChI=1S/C13H12N4S/c1-9-14-6-10(18-9)7-15-13-8-16-17-12-5-3-2-4-11(12)13/h2-6,8H,7H2,1H3,(H,15,17). The average molecular weight is 256 g/mol. The maximum atomic E-state index is 4.24. The number of anilines is 1. The smallest absolute Gasteiger partial charge is 0.0950 e. The number of nitrogens with one attached hydrogen (secondary N) is 1. The molecule has 0 aliphatic rings. The Hall–Kier alpha value is -2.01. The van der Waals surface area contributed by atoms with Crippen molar-refractivity contribution in [3.8, 4) is 0 Å². The molecule has 0 saturated carbocycles. The molecule has 90 valence electrons. The Morgan fingerprint density at radius 3 is 2.94 bits per heavy atom. The van der Waals surface area contributed by atoms with Crippen LogP contribution < -0.4 is 5.32 Å². The van der Waals surface area contributed by atoms with E-state index in [1.165, 1.54) is 4.88 Å². The predicted molar refractivity (Wildman–Crippen MR) is 73.7 cm³/mol. The van der Waals surface area contributed by atoms with Gasteiger partial charge in [-0.2, -0.15) is 10.2 Å². The van der Waals surface area contributed by atoms with Gasteiger partial charge in [-0.25, -0.2) is 4.98 Å². The number of nitrogens with zero attached hydrogens (tertiary/aromatic N) is 3. The molecule has 0 aliphatic heterocycles. The Labute approximate surface area is 109 Å². The first-order chi connectivity index (χ1) is 8.83. The zero-order valence-corrected chi connectivity index (χ0v) is 10.7.